The quantitative estimate of drug-likeness (QED) is 0.525. The third-order valence-corrected chi connectivity index (χ3v) is 3.24. The molecule has 0 N–H and O–H groups in total. The van der Waals surface area contributed by atoms with Gasteiger partial charge in [0.2, 0.25) is 0 Å². The van der Waals surface area contributed by atoms with E-state index in [1.807, 2.05) is 32.1 Å². The van der Waals surface area contributed by atoms with Crippen molar-refractivity contribution in [2.45, 2.75) is 33.6 Å². The largest absolute Gasteiger partial charge is 0.298 e. The Balaban J connectivity index is 2.85. The highest BCUT2D eigenvalue weighted by atomic mass is 16.1. The molecule has 1 aromatic rings. The average molecular weight is 254 g/mol. The van der Waals surface area contributed by atoms with Gasteiger partial charge in [0.1, 0.15) is 6.29 Å². The van der Waals surface area contributed by atoms with Crippen LogP contribution in [0.15, 0.2) is 54.2 Å². The van der Waals surface area contributed by atoms with Gasteiger partial charge in [-0.1, -0.05) is 42.0 Å². The molecule has 0 saturated heterocycles. The number of hydrogen-bond donors (Lipinski definition) is 0. The summed E-state index contributed by atoms with van der Waals surface area (Å²) in [6, 6.07) is 6.02. The summed E-state index contributed by atoms with van der Waals surface area (Å²) in [5, 5.41) is 0. The Hall–Kier alpha value is -1.89. The maximum atomic E-state index is 10.9. The highest BCUT2D eigenvalue weighted by Gasteiger charge is 2.02. The van der Waals surface area contributed by atoms with Crippen LogP contribution in [0.2, 0.25) is 0 Å². The Kier molecular flexibility index (Phi) is 6.01. The van der Waals surface area contributed by atoms with E-state index in [2.05, 4.69) is 31.7 Å². The molecule has 0 radical (unpaired) electrons. The van der Waals surface area contributed by atoms with E-state index < -0.39 is 0 Å². The van der Waals surface area contributed by atoms with E-state index in [1.165, 1.54) is 16.7 Å². The van der Waals surface area contributed by atoms with Gasteiger partial charge in [0, 0.05) is 5.56 Å². The minimum atomic E-state index is 0.756. The van der Waals surface area contributed by atoms with Gasteiger partial charge < -0.3 is 0 Å². The molecule has 0 spiro atoms. The van der Waals surface area contributed by atoms with Crippen LogP contribution in [-0.4, -0.2) is 6.29 Å². The van der Waals surface area contributed by atoms with Crippen molar-refractivity contribution < 1.29 is 4.79 Å². The van der Waals surface area contributed by atoms with Crippen LogP contribution in [0.1, 0.15) is 41.8 Å². The topological polar surface area (TPSA) is 17.1 Å². The molecular formula is C18H22O. The monoisotopic (exact) mass is 254 g/mol. The van der Waals surface area contributed by atoms with Crippen LogP contribution >= 0.6 is 0 Å². The molecular weight excluding hydrogens is 232 g/mol. The van der Waals surface area contributed by atoms with E-state index in [4.69, 9.17) is 0 Å². The predicted molar refractivity (Wildman–Crippen MR) is 82.6 cm³/mol. The summed E-state index contributed by atoms with van der Waals surface area (Å²) in [5.74, 6) is 0. The van der Waals surface area contributed by atoms with E-state index in [0.717, 1.165) is 30.3 Å². The van der Waals surface area contributed by atoms with E-state index in [0.29, 0.717) is 0 Å². The van der Waals surface area contributed by atoms with Crippen LogP contribution in [0, 0.1) is 6.92 Å². The average Bonchev–Trinajstić information content (AvgIpc) is 2.41. The highest BCUT2D eigenvalue weighted by molar-refractivity contribution is 5.75. The molecule has 0 heterocycles. The summed E-state index contributed by atoms with van der Waals surface area (Å²) >= 11 is 0. The molecule has 0 fully saturated rings. The summed E-state index contributed by atoms with van der Waals surface area (Å²) in [6.07, 6.45) is 8.81. The lowest BCUT2D eigenvalue weighted by Gasteiger charge is -2.09. The van der Waals surface area contributed by atoms with Gasteiger partial charge >= 0.3 is 0 Å². The maximum absolute atomic E-state index is 10.9. The molecule has 0 aliphatic rings. The molecule has 1 aromatic carbocycles. The molecule has 1 heteroatoms. The molecule has 0 aliphatic carbocycles. The van der Waals surface area contributed by atoms with E-state index in [1.54, 1.807) is 0 Å². The second-order valence-corrected chi connectivity index (χ2v) is 4.77. The smallest absolute Gasteiger partial charge is 0.150 e. The van der Waals surface area contributed by atoms with Gasteiger partial charge in [-0.15, -0.1) is 0 Å². The first kappa shape index (κ1) is 15.2. The van der Waals surface area contributed by atoms with Crippen molar-refractivity contribution in [1.82, 2.24) is 0 Å². The summed E-state index contributed by atoms with van der Waals surface area (Å²) < 4.78 is 0. The fourth-order valence-corrected chi connectivity index (χ4v) is 2.13. The number of allylic oxidation sites excluding steroid dienone is 5. The molecule has 0 saturated carbocycles. The number of carbonyl (C=O) groups is 1. The van der Waals surface area contributed by atoms with Crippen LogP contribution in [0.25, 0.3) is 0 Å². The first-order valence-electron chi connectivity index (χ1n) is 6.61. The summed E-state index contributed by atoms with van der Waals surface area (Å²) in [5.41, 5.74) is 5.68. The minimum absolute atomic E-state index is 0.756. The molecule has 0 bridgehead atoms. The Morgan fingerprint density at radius 2 is 2.05 bits per heavy atom. The van der Waals surface area contributed by atoms with Gasteiger partial charge in [-0.2, -0.15) is 0 Å². The SMILES string of the molecule is C=C/C=C(CCc1cc(C)cc(C=O)c1)\C(C)=C/C. The van der Waals surface area contributed by atoms with Crippen LogP contribution in [0.3, 0.4) is 0 Å². The Morgan fingerprint density at radius 3 is 2.63 bits per heavy atom. The van der Waals surface area contributed by atoms with Gasteiger partial charge in [-0.3, -0.25) is 4.79 Å². The lowest BCUT2D eigenvalue weighted by atomic mass is 9.97. The molecule has 0 amide bonds. The minimum Gasteiger partial charge on any atom is -0.298 e. The molecule has 1 nitrogen and oxygen atoms in total. The standard InChI is InChI=1S/C18H22O/c1-5-7-18(15(4)6-2)9-8-16-10-14(3)11-17(12-16)13-19/h5-7,10-13H,1,8-9H2,2-4H3/b15-6-,18-7-. The third-order valence-electron chi connectivity index (χ3n) is 3.24. The number of rotatable bonds is 6. The van der Waals surface area contributed by atoms with E-state index >= 15 is 0 Å². The zero-order chi connectivity index (χ0) is 14.3. The van der Waals surface area contributed by atoms with Gasteiger partial charge in [-0.05, 0) is 56.9 Å². The van der Waals surface area contributed by atoms with Gasteiger partial charge in [0.15, 0.2) is 0 Å². The normalized spacial score (nSPS) is 12.4. The second-order valence-electron chi connectivity index (χ2n) is 4.77. The number of benzene rings is 1. The van der Waals surface area contributed by atoms with Gasteiger partial charge in [0.25, 0.3) is 0 Å². The van der Waals surface area contributed by atoms with Crippen molar-refractivity contribution in [1.29, 1.82) is 0 Å². The zero-order valence-corrected chi connectivity index (χ0v) is 12.1. The van der Waals surface area contributed by atoms with Crippen LogP contribution in [0.5, 0.6) is 0 Å². The fraction of sp³-hybridized carbons (Fsp3) is 0.278. The number of aryl methyl sites for hydroxylation is 2. The summed E-state index contributed by atoms with van der Waals surface area (Å²) in [4.78, 5) is 10.9. The Bertz CT molecular complexity index is 518. The van der Waals surface area contributed by atoms with E-state index in [9.17, 15) is 4.79 Å². The zero-order valence-electron chi connectivity index (χ0n) is 12.1. The Morgan fingerprint density at radius 1 is 1.32 bits per heavy atom. The molecule has 0 atom stereocenters. The van der Waals surface area contributed by atoms with Crippen LogP contribution < -0.4 is 0 Å². The van der Waals surface area contributed by atoms with Crippen molar-refractivity contribution >= 4 is 6.29 Å². The predicted octanol–water partition coefficient (Wildman–Crippen LogP) is 4.82. The van der Waals surface area contributed by atoms with Gasteiger partial charge in [0.05, 0.1) is 0 Å². The number of hydrogen-bond acceptors (Lipinski definition) is 1. The molecule has 0 aliphatic heterocycles. The van der Waals surface area contributed by atoms with Crippen molar-refractivity contribution in [2.75, 3.05) is 0 Å². The first-order chi connectivity index (χ1) is 9.10. The van der Waals surface area contributed by atoms with Crippen molar-refractivity contribution in [3.63, 3.8) is 0 Å². The molecule has 0 unspecified atom stereocenters. The summed E-state index contributed by atoms with van der Waals surface area (Å²) in [7, 11) is 0. The highest BCUT2D eigenvalue weighted by Crippen LogP contribution is 2.18. The lowest BCUT2D eigenvalue weighted by molar-refractivity contribution is 0.112. The maximum Gasteiger partial charge on any atom is 0.150 e. The van der Waals surface area contributed by atoms with Crippen LogP contribution in [0.4, 0.5) is 0 Å². The second kappa shape index (κ2) is 7.52. The van der Waals surface area contributed by atoms with Crippen molar-refractivity contribution in [3.8, 4) is 0 Å². The van der Waals surface area contributed by atoms with Crippen molar-refractivity contribution in [3.05, 3.63) is 70.8 Å². The number of carbonyl (C=O) groups excluding carboxylic acids is 1. The van der Waals surface area contributed by atoms with E-state index in [-0.39, 0.29) is 0 Å². The lowest BCUT2D eigenvalue weighted by Crippen LogP contribution is -1.94. The molecule has 0 aromatic heterocycles. The van der Waals surface area contributed by atoms with Crippen LogP contribution in [-0.2, 0) is 6.42 Å². The summed E-state index contributed by atoms with van der Waals surface area (Å²) in [6.45, 7) is 9.94. The molecule has 1 rings (SSSR count). The molecule has 19 heavy (non-hydrogen) atoms. The first-order valence-corrected chi connectivity index (χ1v) is 6.61. The third kappa shape index (κ3) is 4.70. The van der Waals surface area contributed by atoms with Crippen molar-refractivity contribution in [2.24, 2.45) is 0 Å². The van der Waals surface area contributed by atoms with Gasteiger partial charge in [-0.25, -0.2) is 0 Å². The molecule has 100 valence electrons. The fourth-order valence-electron chi connectivity index (χ4n) is 2.13. The Labute approximate surface area is 116 Å². The number of aldehydes is 1.